The maximum Gasteiger partial charge on any atom is 0.321 e. The summed E-state index contributed by atoms with van der Waals surface area (Å²) in [7, 11) is 1.77. The zero-order chi connectivity index (χ0) is 19.4. The number of imidazole rings is 1. The number of carbonyl (C=O) groups excluding carboxylic acids is 1. The average Bonchev–Trinajstić information content (AvgIpc) is 3.22. The molecule has 0 saturated heterocycles. The van der Waals surface area contributed by atoms with E-state index in [-0.39, 0.29) is 6.03 Å². The van der Waals surface area contributed by atoms with E-state index >= 15 is 0 Å². The van der Waals surface area contributed by atoms with E-state index in [4.69, 9.17) is 0 Å². The van der Waals surface area contributed by atoms with Crippen LogP contribution in [0.1, 0.15) is 29.7 Å². The van der Waals surface area contributed by atoms with Crippen LogP contribution in [0.15, 0.2) is 42.7 Å². The van der Waals surface area contributed by atoms with Gasteiger partial charge in [-0.1, -0.05) is 12.1 Å². The summed E-state index contributed by atoms with van der Waals surface area (Å²) in [5, 5.41) is 7.41. The fraction of sp³-hybridized carbons (Fsp3) is 0.350. The molecule has 0 fully saturated rings. The number of hydrogen-bond acceptors (Lipinski definition) is 3. The summed E-state index contributed by atoms with van der Waals surface area (Å²) < 4.78 is 4.00. The molecule has 3 aromatic rings. The van der Waals surface area contributed by atoms with E-state index in [0.717, 1.165) is 35.0 Å². The number of aromatic nitrogens is 4. The Hall–Kier alpha value is -3.09. The Bertz CT molecular complexity index is 909. The summed E-state index contributed by atoms with van der Waals surface area (Å²) in [6.45, 7) is 8.11. The number of nitrogens with one attached hydrogen (secondary N) is 1. The number of nitrogens with zero attached hydrogens (tertiary/aromatic N) is 5. The molecule has 0 unspecified atom stereocenters. The van der Waals surface area contributed by atoms with Crippen molar-refractivity contribution in [3.8, 4) is 0 Å². The Labute approximate surface area is 159 Å². The molecule has 0 aliphatic rings. The van der Waals surface area contributed by atoms with Crippen LogP contribution in [-0.2, 0) is 19.6 Å². The van der Waals surface area contributed by atoms with Crippen LogP contribution < -0.4 is 5.32 Å². The van der Waals surface area contributed by atoms with Crippen LogP contribution in [0.4, 0.5) is 10.5 Å². The van der Waals surface area contributed by atoms with Gasteiger partial charge in [-0.2, -0.15) is 5.10 Å². The SMILES string of the molecule is CCn1ccnc1CN(C)C(=O)Nc1ccc(Cn2nc(C)cc2C)cc1. The molecule has 2 heterocycles. The van der Waals surface area contributed by atoms with Crippen molar-refractivity contribution in [2.75, 3.05) is 12.4 Å². The van der Waals surface area contributed by atoms with Crippen molar-refractivity contribution in [1.29, 1.82) is 0 Å². The fourth-order valence-corrected chi connectivity index (χ4v) is 2.98. The topological polar surface area (TPSA) is 68.0 Å². The van der Waals surface area contributed by atoms with Crippen molar-refractivity contribution in [3.63, 3.8) is 0 Å². The summed E-state index contributed by atoms with van der Waals surface area (Å²) in [6.07, 6.45) is 3.68. The second kappa shape index (κ2) is 8.07. The summed E-state index contributed by atoms with van der Waals surface area (Å²) >= 11 is 0. The second-order valence-corrected chi connectivity index (χ2v) is 6.70. The van der Waals surface area contributed by atoms with Gasteiger partial charge in [-0.25, -0.2) is 9.78 Å². The van der Waals surface area contributed by atoms with E-state index in [1.54, 1.807) is 18.1 Å². The Balaban J connectivity index is 1.58. The minimum Gasteiger partial charge on any atom is -0.334 e. The molecule has 27 heavy (non-hydrogen) atoms. The summed E-state index contributed by atoms with van der Waals surface area (Å²) in [5.74, 6) is 0.871. The van der Waals surface area contributed by atoms with E-state index in [9.17, 15) is 4.79 Å². The highest BCUT2D eigenvalue weighted by Gasteiger charge is 2.12. The fourth-order valence-electron chi connectivity index (χ4n) is 2.98. The van der Waals surface area contributed by atoms with Crippen LogP contribution in [-0.4, -0.2) is 37.3 Å². The first-order chi connectivity index (χ1) is 13.0. The van der Waals surface area contributed by atoms with Crippen LogP contribution in [0.3, 0.4) is 0 Å². The molecule has 0 saturated carbocycles. The van der Waals surface area contributed by atoms with Gasteiger partial charge in [-0.3, -0.25) is 4.68 Å². The van der Waals surface area contributed by atoms with Gasteiger partial charge in [0.2, 0.25) is 0 Å². The minimum atomic E-state index is -0.160. The molecule has 1 N–H and O–H groups in total. The molecule has 2 aromatic heterocycles. The van der Waals surface area contributed by atoms with E-state index in [1.165, 1.54) is 0 Å². The van der Waals surface area contributed by atoms with Gasteiger partial charge in [0, 0.05) is 37.4 Å². The molecule has 7 heteroatoms. The predicted octanol–water partition coefficient (Wildman–Crippen LogP) is 3.43. The lowest BCUT2D eigenvalue weighted by Crippen LogP contribution is -2.31. The number of amides is 2. The van der Waals surface area contributed by atoms with Crippen molar-refractivity contribution in [1.82, 2.24) is 24.2 Å². The summed E-state index contributed by atoms with van der Waals surface area (Å²) in [5.41, 5.74) is 4.06. The third kappa shape index (κ3) is 4.55. The Morgan fingerprint density at radius 3 is 2.59 bits per heavy atom. The van der Waals surface area contributed by atoms with Crippen molar-refractivity contribution in [3.05, 3.63) is 65.5 Å². The number of urea groups is 1. The third-order valence-corrected chi connectivity index (χ3v) is 4.51. The smallest absolute Gasteiger partial charge is 0.321 e. The highest BCUT2D eigenvalue weighted by Crippen LogP contribution is 2.13. The van der Waals surface area contributed by atoms with Gasteiger partial charge in [-0.15, -0.1) is 0 Å². The van der Waals surface area contributed by atoms with Crippen LogP contribution in [0, 0.1) is 13.8 Å². The molecule has 0 aliphatic heterocycles. The number of aryl methyl sites for hydroxylation is 3. The van der Waals surface area contributed by atoms with E-state index in [1.807, 2.05) is 53.6 Å². The molecule has 0 aliphatic carbocycles. The van der Waals surface area contributed by atoms with E-state index < -0.39 is 0 Å². The highest BCUT2D eigenvalue weighted by atomic mass is 16.2. The molecular formula is C20H26N6O. The quantitative estimate of drug-likeness (QED) is 0.727. The molecule has 3 rings (SSSR count). The van der Waals surface area contributed by atoms with Crippen LogP contribution >= 0.6 is 0 Å². The number of anilines is 1. The summed E-state index contributed by atoms with van der Waals surface area (Å²) in [6, 6.07) is 9.76. The van der Waals surface area contributed by atoms with Crippen molar-refractivity contribution < 1.29 is 4.79 Å². The standard InChI is InChI=1S/C20H26N6O/c1-5-25-11-10-21-19(25)14-24(4)20(27)22-18-8-6-17(7-9-18)13-26-16(3)12-15(2)23-26/h6-12H,5,13-14H2,1-4H3,(H,22,27). The molecule has 0 radical (unpaired) electrons. The Morgan fingerprint density at radius 2 is 1.96 bits per heavy atom. The lowest BCUT2D eigenvalue weighted by molar-refractivity contribution is 0.219. The van der Waals surface area contributed by atoms with Crippen molar-refractivity contribution in [2.24, 2.45) is 0 Å². The lowest BCUT2D eigenvalue weighted by Gasteiger charge is -2.18. The molecular weight excluding hydrogens is 340 g/mol. The summed E-state index contributed by atoms with van der Waals surface area (Å²) in [4.78, 5) is 18.4. The van der Waals surface area contributed by atoms with Gasteiger partial charge < -0.3 is 14.8 Å². The zero-order valence-corrected chi connectivity index (χ0v) is 16.3. The normalized spacial score (nSPS) is 10.8. The monoisotopic (exact) mass is 366 g/mol. The van der Waals surface area contributed by atoms with Gasteiger partial charge in [0.1, 0.15) is 5.82 Å². The second-order valence-electron chi connectivity index (χ2n) is 6.70. The van der Waals surface area contributed by atoms with E-state index in [0.29, 0.717) is 13.1 Å². The third-order valence-electron chi connectivity index (χ3n) is 4.51. The molecule has 0 atom stereocenters. The van der Waals surface area contributed by atoms with Gasteiger partial charge in [-0.05, 0) is 44.5 Å². The molecule has 142 valence electrons. The first-order valence-electron chi connectivity index (χ1n) is 9.08. The molecule has 0 spiro atoms. The minimum absolute atomic E-state index is 0.160. The van der Waals surface area contributed by atoms with Gasteiger partial charge >= 0.3 is 6.03 Å². The molecule has 2 amide bonds. The number of hydrogen-bond donors (Lipinski definition) is 1. The molecule has 1 aromatic carbocycles. The number of carbonyl (C=O) groups is 1. The Kier molecular flexibility index (Phi) is 5.59. The van der Waals surface area contributed by atoms with Crippen LogP contribution in [0.5, 0.6) is 0 Å². The van der Waals surface area contributed by atoms with Crippen molar-refractivity contribution in [2.45, 2.75) is 40.4 Å². The first kappa shape index (κ1) is 18.7. The van der Waals surface area contributed by atoms with Crippen LogP contribution in [0.2, 0.25) is 0 Å². The Morgan fingerprint density at radius 1 is 1.22 bits per heavy atom. The predicted molar refractivity (Wildman–Crippen MR) is 106 cm³/mol. The van der Waals surface area contributed by atoms with Gasteiger partial charge in [0.05, 0.1) is 18.8 Å². The van der Waals surface area contributed by atoms with Crippen molar-refractivity contribution >= 4 is 11.7 Å². The lowest BCUT2D eigenvalue weighted by atomic mass is 10.2. The van der Waals surface area contributed by atoms with Gasteiger partial charge in [0.15, 0.2) is 0 Å². The van der Waals surface area contributed by atoms with Crippen LogP contribution in [0.25, 0.3) is 0 Å². The average molecular weight is 366 g/mol. The zero-order valence-electron chi connectivity index (χ0n) is 16.3. The first-order valence-corrected chi connectivity index (χ1v) is 9.08. The largest absolute Gasteiger partial charge is 0.334 e. The maximum atomic E-state index is 12.4. The molecule has 0 bridgehead atoms. The number of benzene rings is 1. The maximum absolute atomic E-state index is 12.4. The number of rotatable bonds is 6. The highest BCUT2D eigenvalue weighted by molar-refractivity contribution is 5.89. The van der Waals surface area contributed by atoms with E-state index in [2.05, 4.69) is 28.4 Å². The van der Waals surface area contributed by atoms with Gasteiger partial charge in [0.25, 0.3) is 0 Å². The molecule has 7 nitrogen and oxygen atoms in total.